The summed E-state index contributed by atoms with van der Waals surface area (Å²) in [4.78, 5) is 42.8. The number of hydrogen-bond donors (Lipinski definition) is 0. The van der Waals surface area contributed by atoms with Crippen molar-refractivity contribution in [2.24, 2.45) is 0 Å². The third kappa shape index (κ3) is 9.56. The first kappa shape index (κ1) is 39.9. The van der Waals surface area contributed by atoms with Crippen LogP contribution in [0.1, 0.15) is 47.0 Å². The molecule has 0 N–H and O–H groups in total. The molecule has 290 valence electrons. The predicted octanol–water partition coefficient (Wildman–Crippen LogP) is 9.49. The summed E-state index contributed by atoms with van der Waals surface area (Å²) in [5.41, 5.74) is 7.65. The Morgan fingerprint density at radius 2 is 1.23 bits per heavy atom. The third-order valence-corrected chi connectivity index (χ3v) is 9.43. The Balaban J connectivity index is 0.000000160. The number of halogens is 2. The summed E-state index contributed by atoms with van der Waals surface area (Å²) >= 11 is 0. The van der Waals surface area contributed by atoms with Gasteiger partial charge >= 0.3 is 11.9 Å². The number of esters is 2. The van der Waals surface area contributed by atoms with E-state index in [4.69, 9.17) is 14.5 Å². The van der Waals surface area contributed by atoms with Gasteiger partial charge in [-0.05, 0) is 100.0 Å². The van der Waals surface area contributed by atoms with Gasteiger partial charge in [0.2, 0.25) is 0 Å². The molecule has 4 heterocycles. The van der Waals surface area contributed by atoms with E-state index >= 15 is 0 Å². The summed E-state index contributed by atoms with van der Waals surface area (Å²) in [6, 6.07) is 34.4. The number of carbonyl (C=O) groups excluding carboxylic acids is 3. The van der Waals surface area contributed by atoms with Crippen LogP contribution < -0.4 is 0 Å². The Kier molecular flexibility index (Phi) is 12.8. The number of benzene rings is 4. The summed E-state index contributed by atoms with van der Waals surface area (Å²) in [6.45, 7) is 8.36. The molecule has 0 unspecified atom stereocenters. The number of aryl methyl sites for hydroxylation is 1. The zero-order valence-corrected chi connectivity index (χ0v) is 32.2. The Morgan fingerprint density at radius 1 is 0.649 bits per heavy atom. The summed E-state index contributed by atoms with van der Waals surface area (Å²) in [5.74, 6) is -1.15. The van der Waals surface area contributed by atoms with Crippen LogP contribution in [0, 0.1) is 25.5 Å². The molecule has 8 aromatic rings. The number of carbonyl (C=O) groups is 3. The highest BCUT2D eigenvalue weighted by Gasteiger charge is 2.18. The fourth-order valence-corrected chi connectivity index (χ4v) is 6.75. The van der Waals surface area contributed by atoms with Crippen molar-refractivity contribution >= 4 is 61.8 Å². The second-order valence-corrected chi connectivity index (χ2v) is 13.2. The number of aromatic nitrogens is 4. The molecule has 0 spiro atoms. The van der Waals surface area contributed by atoms with E-state index in [2.05, 4.69) is 4.98 Å². The smallest absolute Gasteiger partial charge is 0.325 e. The summed E-state index contributed by atoms with van der Waals surface area (Å²) in [7, 11) is 0. The van der Waals surface area contributed by atoms with Crippen molar-refractivity contribution in [2.45, 2.75) is 47.2 Å². The van der Waals surface area contributed by atoms with E-state index in [0.29, 0.717) is 25.3 Å². The van der Waals surface area contributed by atoms with E-state index in [1.165, 1.54) is 24.3 Å². The standard InChI is InChI=1S/C23H21FN2O2.C13H14FNO2.C10H7NO/c1-3-28-23(27)14-26-15(2)19(20-12-17(24)9-11-22(20)26)13-18-10-8-16-6-4-5-7-21(16)25-18;1-3-17-13(16)8-15-9(2)6-10-7-11(14)4-5-12(10)15;12-7-9-6-5-8-3-1-2-4-10(8)11-9/h4-12H,3,13-14H2,1-2H3;4-7H,3,8H2,1-2H3;1-7H. The van der Waals surface area contributed by atoms with Crippen molar-refractivity contribution in [3.63, 3.8) is 0 Å². The molecule has 0 atom stereocenters. The molecule has 4 aromatic carbocycles. The molecule has 0 radical (unpaired) electrons. The molecular formula is C46H42F2N4O5. The van der Waals surface area contributed by atoms with Crippen molar-refractivity contribution in [2.75, 3.05) is 13.2 Å². The minimum absolute atomic E-state index is 0.104. The second-order valence-electron chi connectivity index (χ2n) is 13.2. The van der Waals surface area contributed by atoms with Gasteiger partial charge in [0.15, 0.2) is 6.29 Å². The topological polar surface area (TPSA) is 105 Å². The lowest BCUT2D eigenvalue weighted by Gasteiger charge is -2.08. The molecular weight excluding hydrogens is 727 g/mol. The number of nitrogens with zero attached hydrogens (tertiary/aromatic N) is 4. The van der Waals surface area contributed by atoms with Gasteiger partial charge in [0.25, 0.3) is 0 Å². The van der Waals surface area contributed by atoms with Crippen LogP contribution in [0.15, 0.2) is 115 Å². The van der Waals surface area contributed by atoms with Gasteiger partial charge in [-0.1, -0.05) is 48.5 Å². The summed E-state index contributed by atoms with van der Waals surface area (Å²) < 4.78 is 40.8. The highest BCUT2D eigenvalue weighted by atomic mass is 19.1. The largest absolute Gasteiger partial charge is 0.465 e. The summed E-state index contributed by atoms with van der Waals surface area (Å²) in [6.07, 6.45) is 1.32. The fourth-order valence-electron chi connectivity index (χ4n) is 6.75. The zero-order chi connectivity index (χ0) is 40.5. The Hall–Kier alpha value is -6.75. The van der Waals surface area contributed by atoms with Gasteiger partial charge in [-0.25, -0.2) is 13.8 Å². The van der Waals surface area contributed by atoms with Crippen LogP contribution >= 0.6 is 0 Å². The fraction of sp³-hybridized carbons (Fsp3) is 0.196. The third-order valence-electron chi connectivity index (χ3n) is 9.43. The Labute approximate surface area is 328 Å². The molecule has 0 saturated heterocycles. The van der Waals surface area contributed by atoms with Crippen LogP contribution in [-0.2, 0) is 38.6 Å². The predicted molar refractivity (Wildman–Crippen MR) is 218 cm³/mol. The first-order valence-electron chi connectivity index (χ1n) is 18.6. The quantitative estimate of drug-likeness (QED) is 0.106. The van der Waals surface area contributed by atoms with Crippen molar-refractivity contribution in [3.8, 4) is 0 Å². The van der Waals surface area contributed by atoms with E-state index in [1.54, 1.807) is 32.0 Å². The van der Waals surface area contributed by atoms with Crippen LogP contribution in [0.5, 0.6) is 0 Å². The molecule has 0 bridgehead atoms. The average molecular weight is 769 g/mol. The number of para-hydroxylation sites is 2. The van der Waals surface area contributed by atoms with Crippen molar-refractivity contribution in [1.29, 1.82) is 0 Å². The van der Waals surface area contributed by atoms with E-state index < -0.39 is 0 Å². The molecule has 0 amide bonds. The van der Waals surface area contributed by atoms with Gasteiger partial charge in [0, 0.05) is 56.1 Å². The number of hydrogen-bond acceptors (Lipinski definition) is 7. The molecule has 57 heavy (non-hydrogen) atoms. The molecule has 9 nitrogen and oxygen atoms in total. The molecule has 11 heteroatoms. The zero-order valence-electron chi connectivity index (χ0n) is 32.2. The molecule has 0 aliphatic rings. The van der Waals surface area contributed by atoms with Crippen LogP contribution in [-0.4, -0.2) is 50.5 Å². The van der Waals surface area contributed by atoms with E-state index in [0.717, 1.165) is 72.5 Å². The number of aldehydes is 1. The van der Waals surface area contributed by atoms with Crippen molar-refractivity contribution < 1.29 is 32.6 Å². The van der Waals surface area contributed by atoms with Gasteiger partial charge in [0.05, 0.1) is 24.2 Å². The highest BCUT2D eigenvalue weighted by Crippen LogP contribution is 2.29. The number of fused-ring (bicyclic) bond motifs is 4. The molecule has 8 rings (SSSR count). The maximum atomic E-state index is 14.0. The Morgan fingerprint density at radius 3 is 1.88 bits per heavy atom. The van der Waals surface area contributed by atoms with Gasteiger partial charge in [0.1, 0.15) is 30.4 Å². The maximum absolute atomic E-state index is 14.0. The molecule has 0 fully saturated rings. The van der Waals surface area contributed by atoms with E-state index in [1.807, 2.05) is 95.8 Å². The highest BCUT2D eigenvalue weighted by molar-refractivity contribution is 5.88. The lowest BCUT2D eigenvalue weighted by Crippen LogP contribution is -2.14. The van der Waals surface area contributed by atoms with Gasteiger partial charge in [-0.15, -0.1) is 0 Å². The normalized spacial score (nSPS) is 10.8. The first-order chi connectivity index (χ1) is 27.6. The SMILES string of the molecule is CCOC(=O)Cn1c(C)c(Cc2ccc3ccccc3n2)c2cc(F)ccc21.CCOC(=O)Cn1c(C)cc2cc(F)ccc21.O=Cc1ccc2ccccc2n1. The van der Waals surface area contributed by atoms with Gasteiger partial charge < -0.3 is 18.6 Å². The minimum Gasteiger partial charge on any atom is -0.465 e. The second kappa shape index (κ2) is 18.3. The number of rotatable bonds is 9. The van der Waals surface area contributed by atoms with Gasteiger partial charge in [-0.2, -0.15) is 0 Å². The van der Waals surface area contributed by atoms with Crippen LogP contribution in [0.3, 0.4) is 0 Å². The molecule has 0 aliphatic carbocycles. The number of pyridine rings is 2. The van der Waals surface area contributed by atoms with Gasteiger partial charge in [-0.3, -0.25) is 19.4 Å². The average Bonchev–Trinajstić information content (AvgIpc) is 3.64. The van der Waals surface area contributed by atoms with Crippen molar-refractivity contribution in [1.82, 2.24) is 19.1 Å². The van der Waals surface area contributed by atoms with Crippen LogP contribution in [0.25, 0.3) is 43.6 Å². The van der Waals surface area contributed by atoms with E-state index in [9.17, 15) is 23.2 Å². The van der Waals surface area contributed by atoms with Crippen LogP contribution in [0.2, 0.25) is 0 Å². The monoisotopic (exact) mass is 768 g/mol. The summed E-state index contributed by atoms with van der Waals surface area (Å²) in [5, 5.41) is 3.74. The van der Waals surface area contributed by atoms with Crippen molar-refractivity contribution in [3.05, 3.63) is 155 Å². The molecule has 4 aromatic heterocycles. The molecule has 0 aliphatic heterocycles. The first-order valence-corrected chi connectivity index (χ1v) is 18.6. The van der Waals surface area contributed by atoms with Crippen LogP contribution in [0.4, 0.5) is 8.78 Å². The minimum atomic E-state index is -0.304. The number of ether oxygens (including phenoxy) is 2. The van der Waals surface area contributed by atoms with E-state index in [-0.39, 0.29) is 36.7 Å². The lowest BCUT2D eigenvalue weighted by atomic mass is 10.0. The maximum Gasteiger partial charge on any atom is 0.325 e. The molecule has 0 saturated carbocycles. The lowest BCUT2D eigenvalue weighted by molar-refractivity contribution is -0.144. The Bertz CT molecular complexity index is 2720.